The molecule has 0 N–H and O–H groups in total. The molecule has 2 aliphatic rings. The standard InChI is InChI=1S/C18H20IN5O/c19-14-3-1-4-15(11-14)24-13-16(12-17(24)25)22-7-9-23(10-8-22)18-20-5-2-6-21-18/h1-6,11,16H,7-10,12-13H2/t16-/m1/s1. The quantitative estimate of drug-likeness (QED) is 0.672. The van der Waals surface area contributed by atoms with Crippen molar-refractivity contribution in [3.8, 4) is 0 Å². The molecule has 2 fully saturated rings. The summed E-state index contributed by atoms with van der Waals surface area (Å²) in [5, 5.41) is 0. The fourth-order valence-electron chi connectivity index (χ4n) is 3.57. The first-order chi connectivity index (χ1) is 12.2. The van der Waals surface area contributed by atoms with E-state index in [9.17, 15) is 4.79 Å². The van der Waals surface area contributed by atoms with Crippen molar-refractivity contribution in [3.63, 3.8) is 0 Å². The molecular weight excluding hydrogens is 429 g/mol. The van der Waals surface area contributed by atoms with E-state index in [2.05, 4.69) is 48.4 Å². The molecule has 0 spiro atoms. The predicted octanol–water partition coefficient (Wildman–Crippen LogP) is 2.01. The van der Waals surface area contributed by atoms with Crippen LogP contribution in [-0.2, 0) is 4.79 Å². The SMILES string of the molecule is O=C1C[C@@H](N2CCN(c3ncccn3)CC2)CN1c1cccc(I)c1. The number of carbonyl (C=O) groups is 1. The maximum atomic E-state index is 12.5. The minimum Gasteiger partial charge on any atom is -0.338 e. The van der Waals surface area contributed by atoms with Gasteiger partial charge >= 0.3 is 0 Å². The summed E-state index contributed by atoms with van der Waals surface area (Å²) in [7, 11) is 0. The number of halogens is 1. The zero-order valence-electron chi connectivity index (χ0n) is 13.9. The highest BCUT2D eigenvalue weighted by Gasteiger charge is 2.35. The number of hydrogen-bond donors (Lipinski definition) is 0. The zero-order chi connectivity index (χ0) is 17.2. The topological polar surface area (TPSA) is 52.6 Å². The van der Waals surface area contributed by atoms with Crippen LogP contribution in [0.3, 0.4) is 0 Å². The van der Waals surface area contributed by atoms with Crippen LogP contribution in [0, 0.1) is 3.57 Å². The molecule has 130 valence electrons. The summed E-state index contributed by atoms with van der Waals surface area (Å²) in [6, 6.07) is 10.3. The smallest absolute Gasteiger partial charge is 0.228 e. The van der Waals surface area contributed by atoms with E-state index in [1.807, 2.05) is 29.2 Å². The highest BCUT2D eigenvalue weighted by molar-refractivity contribution is 14.1. The lowest BCUT2D eigenvalue weighted by Crippen LogP contribution is -2.51. The lowest BCUT2D eigenvalue weighted by Gasteiger charge is -2.37. The number of carbonyl (C=O) groups excluding carboxylic acids is 1. The Morgan fingerprint density at radius 1 is 1.04 bits per heavy atom. The van der Waals surface area contributed by atoms with Crippen LogP contribution in [0.2, 0.25) is 0 Å². The van der Waals surface area contributed by atoms with Crippen molar-refractivity contribution in [2.24, 2.45) is 0 Å². The third kappa shape index (κ3) is 3.62. The average molecular weight is 449 g/mol. The van der Waals surface area contributed by atoms with Gasteiger partial charge in [-0.25, -0.2) is 9.97 Å². The Morgan fingerprint density at radius 3 is 2.52 bits per heavy atom. The second kappa shape index (κ2) is 7.25. The molecule has 2 saturated heterocycles. The van der Waals surface area contributed by atoms with Crippen LogP contribution in [-0.4, -0.2) is 59.5 Å². The molecule has 0 unspecified atom stereocenters. The van der Waals surface area contributed by atoms with Gasteiger partial charge in [0.2, 0.25) is 11.9 Å². The molecule has 25 heavy (non-hydrogen) atoms. The number of amides is 1. The second-order valence-corrected chi connectivity index (χ2v) is 7.66. The van der Waals surface area contributed by atoms with Crippen LogP contribution in [0.25, 0.3) is 0 Å². The molecule has 1 amide bonds. The number of nitrogens with zero attached hydrogens (tertiary/aromatic N) is 5. The normalized spacial score (nSPS) is 21.8. The Hall–Kier alpha value is -1.74. The van der Waals surface area contributed by atoms with Crippen molar-refractivity contribution >= 4 is 40.1 Å². The molecule has 0 aliphatic carbocycles. The summed E-state index contributed by atoms with van der Waals surface area (Å²) in [5.41, 5.74) is 1.01. The number of rotatable bonds is 3. The van der Waals surface area contributed by atoms with E-state index in [0.29, 0.717) is 12.5 Å². The van der Waals surface area contributed by atoms with Crippen LogP contribution >= 0.6 is 22.6 Å². The first kappa shape index (κ1) is 16.7. The number of piperazine rings is 1. The summed E-state index contributed by atoms with van der Waals surface area (Å²) in [6.07, 6.45) is 4.17. The van der Waals surface area contributed by atoms with E-state index in [1.54, 1.807) is 12.4 Å². The van der Waals surface area contributed by atoms with E-state index in [-0.39, 0.29) is 5.91 Å². The van der Waals surface area contributed by atoms with Gasteiger partial charge in [0.25, 0.3) is 0 Å². The minimum atomic E-state index is 0.223. The summed E-state index contributed by atoms with van der Waals surface area (Å²) >= 11 is 2.29. The third-order valence-electron chi connectivity index (χ3n) is 4.89. The second-order valence-electron chi connectivity index (χ2n) is 6.41. The van der Waals surface area contributed by atoms with E-state index in [0.717, 1.165) is 47.9 Å². The molecule has 2 aliphatic heterocycles. The van der Waals surface area contributed by atoms with Crippen LogP contribution in [0.4, 0.5) is 11.6 Å². The highest BCUT2D eigenvalue weighted by Crippen LogP contribution is 2.26. The van der Waals surface area contributed by atoms with E-state index >= 15 is 0 Å². The number of hydrogen-bond acceptors (Lipinski definition) is 5. The van der Waals surface area contributed by atoms with Crippen LogP contribution in [0.5, 0.6) is 0 Å². The molecular formula is C18H20IN5O. The highest BCUT2D eigenvalue weighted by atomic mass is 127. The fraction of sp³-hybridized carbons (Fsp3) is 0.389. The van der Waals surface area contributed by atoms with E-state index in [4.69, 9.17) is 0 Å². The van der Waals surface area contributed by atoms with Gasteiger partial charge < -0.3 is 9.80 Å². The van der Waals surface area contributed by atoms with Gasteiger partial charge in [0.15, 0.2) is 0 Å². The number of anilines is 2. The van der Waals surface area contributed by atoms with Gasteiger partial charge in [0.1, 0.15) is 0 Å². The largest absolute Gasteiger partial charge is 0.338 e. The van der Waals surface area contributed by atoms with Gasteiger partial charge in [-0.3, -0.25) is 9.69 Å². The van der Waals surface area contributed by atoms with Gasteiger partial charge in [0, 0.05) is 66.8 Å². The van der Waals surface area contributed by atoms with Gasteiger partial charge in [-0.15, -0.1) is 0 Å². The molecule has 1 atom stereocenters. The fourth-order valence-corrected chi connectivity index (χ4v) is 4.10. The molecule has 4 rings (SSSR count). The van der Waals surface area contributed by atoms with Gasteiger partial charge in [-0.05, 0) is 46.9 Å². The van der Waals surface area contributed by atoms with Crippen LogP contribution < -0.4 is 9.80 Å². The molecule has 2 aromatic rings. The van der Waals surface area contributed by atoms with E-state index < -0.39 is 0 Å². The Balaban J connectivity index is 1.39. The van der Waals surface area contributed by atoms with Crippen LogP contribution in [0.15, 0.2) is 42.7 Å². The molecule has 1 aromatic carbocycles. The van der Waals surface area contributed by atoms with Gasteiger partial charge in [-0.1, -0.05) is 6.07 Å². The summed E-state index contributed by atoms with van der Waals surface area (Å²) in [4.78, 5) is 27.7. The zero-order valence-corrected chi connectivity index (χ0v) is 16.0. The molecule has 0 radical (unpaired) electrons. The molecule has 0 bridgehead atoms. The van der Waals surface area contributed by atoms with Crippen molar-refractivity contribution in [3.05, 3.63) is 46.3 Å². The Bertz CT molecular complexity index is 748. The van der Waals surface area contributed by atoms with Crippen molar-refractivity contribution in [1.29, 1.82) is 0 Å². The van der Waals surface area contributed by atoms with Crippen molar-refractivity contribution in [1.82, 2.24) is 14.9 Å². The Labute approximate surface area is 161 Å². The monoisotopic (exact) mass is 449 g/mol. The molecule has 6 nitrogen and oxygen atoms in total. The molecule has 1 aromatic heterocycles. The van der Waals surface area contributed by atoms with Gasteiger partial charge in [0.05, 0.1) is 0 Å². The third-order valence-corrected chi connectivity index (χ3v) is 5.56. The van der Waals surface area contributed by atoms with Crippen LogP contribution in [0.1, 0.15) is 6.42 Å². The Morgan fingerprint density at radius 2 is 1.80 bits per heavy atom. The summed E-state index contributed by atoms with van der Waals surface area (Å²) < 4.78 is 1.16. The molecule has 0 saturated carbocycles. The van der Waals surface area contributed by atoms with Crippen molar-refractivity contribution in [2.45, 2.75) is 12.5 Å². The van der Waals surface area contributed by atoms with E-state index in [1.165, 1.54) is 0 Å². The molecule has 7 heteroatoms. The number of benzene rings is 1. The minimum absolute atomic E-state index is 0.223. The Kier molecular flexibility index (Phi) is 4.85. The van der Waals surface area contributed by atoms with Crippen molar-refractivity contribution in [2.75, 3.05) is 42.5 Å². The van der Waals surface area contributed by atoms with Gasteiger partial charge in [-0.2, -0.15) is 0 Å². The first-order valence-electron chi connectivity index (χ1n) is 8.52. The average Bonchev–Trinajstić information content (AvgIpc) is 3.04. The maximum absolute atomic E-state index is 12.5. The molecule has 3 heterocycles. The predicted molar refractivity (Wildman–Crippen MR) is 106 cm³/mol. The summed E-state index contributed by atoms with van der Waals surface area (Å²) in [5.74, 6) is 1.02. The first-order valence-corrected chi connectivity index (χ1v) is 9.60. The lowest BCUT2D eigenvalue weighted by molar-refractivity contribution is -0.117. The van der Waals surface area contributed by atoms with Crippen molar-refractivity contribution < 1.29 is 4.79 Å². The lowest BCUT2D eigenvalue weighted by atomic mass is 10.2. The number of aromatic nitrogens is 2. The summed E-state index contributed by atoms with van der Waals surface area (Å²) in [6.45, 7) is 4.46. The maximum Gasteiger partial charge on any atom is 0.228 e.